The highest BCUT2D eigenvalue weighted by Gasteiger charge is 2.32. The number of aryl methyl sites for hydroxylation is 2. The van der Waals surface area contributed by atoms with Crippen molar-refractivity contribution in [3.63, 3.8) is 0 Å². The van der Waals surface area contributed by atoms with Crippen LogP contribution in [-0.4, -0.2) is 29.8 Å². The quantitative estimate of drug-likeness (QED) is 0.825. The molecule has 0 unspecified atom stereocenters. The number of carbonyl (C=O) groups excluding carboxylic acids is 2. The minimum Gasteiger partial charge on any atom is -0.330 e. The normalized spacial score (nSPS) is 19.3. The van der Waals surface area contributed by atoms with Crippen molar-refractivity contribution >= 4 is 17.5 Å². The second-order valence-corrected chi connectivity index (χ2v) is 4.83. The van der Waals surface area contributed by atoms with E-state index in [9.17, 15) is 9.59 Å². The van der Waals surface area contributed by atoms with Crippen LogP contribution in [0.4, 0.5) is 5.69 Å². The van der Waals surface area contributed by atoms with Gasteiger partial charge in [0.2, 0.25) is 5.91 Å². The number of rotatable bonds is 1. The molecule has 0 fully saturated rings. The number of anilines is 1. The van der Waals surface area contributed by atoms with Crippen LogP contribution < -0.4 is 5.32 Å². The molecule has 4 heteroatoms. The minimum absolute atomic E-state index is 0.0954. The molecule has 1 aliphatic heterocycles. The molecule has 2 rings (SSSR count). The topological polar surface area (TPSA) is 49.4 Å². The maximum Gasteiger partial charge on any atom is 0.256 e. The minimum atomic E-state index is -0.399. The lowest BCUT2D eigenvalue weighted by Gasteiger charge is -2.22. The van der Waals surface area contributed by atoms with Gasteiger partial charge in [-0.1, -0.05) is 13.0 Å². The molecule has 1 N–H and O–H groups in total. The van der Waals surface area contributed by atoms with Gasteiger partial charge in [-0.3, -0.25) is 9.59 Å². The van der Waals surface area contributed by atoms with Crippen molar-refractivity contribution < 1.29 is 9.59 Å². The zero-order valence-corrected chi connectivity index (χ0v) is 11.2. The zero-order chi connectivity index (χ0) is 13.4. The molecular weight excluding hydrogens is 228 g/mol. The third-order valence-electron chi connectivity index (χ3n) is 3.44. The molecule has 2 amide bonds. The van der Waals surface area contributed by atoms with Gasteiger partial charge in [0.15, 0.2) is 0 Å². The number of hydrogen-bond acceptors (Lipinski definition) is 2. The first kappa shape index (κ1) is 12.6. The van der Waals surface area contributed by atoms with Crippen LogP contribution in [0.3, 0.4) is 0 Å². The van der Waals surface area contributed by atoms with E-state index in [1.165, 1.54) is 4.90 Å². The van der Waals surface area contributed by atoms with Crippen molar-refractivity contribution in [2.24, 2.45) is 0 Å². The molecule has 18 heavy (non-hydrogen) atoms. The molecule has 1 heterocycles. The van der Waals surface area contributed by atoms with Gasteiger partial charge in [0, 0.05) is 7.05 Å². The van der Waals surface area contributed by atoms with E-state index in [4.69, 9.17) is 0 Å². The summed E-state index contributed by atoms with van der Waals surface area (Å²) in [4.78, 5) is 26.0. The standard InChI is InChI=1S/C14H18N2O2/c1-5-11-13(17)15-12-9(3)6-8(2)7-10(12)14(18)16(11)4/h6-7,11H,5H2,1-4H3,(H,15,17)/t11-/m1/s1. The Morgan fingerprint density at radius 3 is 2.56 bits per heavy atom. The fraction of sp³-hybridized carbons (Fsp3) is 0.429. The predicted molar refractivity (Wildman–Crippen MR) is 70.7 cm³/mol. The highest BCUT2D eigenvalue weighted by molar-refractivity contribution is 6.10. The first-order valence-electron chi connectivity index (χ1n) is 6.15. The van der Waals surface area contributed by atoms with Gasteiger partial charge >= 0.3 is 0 Å². The summed E-state index contributed by atoms with van der Waals surface area (Å²) in [5.74, 6) is -0.207. The van der Waals surface area contributed by atoms with Crippen LogP contribution in [0, 0.1) is 13.8 Å². The lowest BCUT2D eigenvalue weighted by atomic mass is 10.0. The molecule has 1 aromatic rings. The number of hydrogen-bond donors (Lipinski definition) is 1. The fourth-order valence-corrected chi connectivity index (χ4v) is 2.48. The number of nitrogens with one attached hydrogen (secondary N) is 1. The van der Waals surface area contributed by atoms with E-state index in [2.05, 4.69) is 5.32 Å². The van der Waals surface area contributed by atoms with E-state index in [-0.39, 0.29) is 11.8 Å². The fourth-order valence-electron chi connectivity index (χ4n) is 2.48. The molecule has 1 atom stereocenters. The number of benzene rings is 1. The molecule has 1 aliphatic rings. The highest BCUT2D eigenvalue weighted by Crippen LogP contribution is 2.28. The Bertz CT molecular complexity index is 523. The van der Waals surface area contributed by atoms with Crippen LogP contribution in [-0.2, 0) is 4.79 Å². The Morgan fingerprint density at radius 1 is 1.28 bits per heavy atom. The average molecular weight is 246 g/mol. The Labute approximate surface area is 107 Å². The van der Waals surface area contributed by atoms with Gasteiger partial charge in [0.05, 0.1) is 11.3 Å². The number of amides is 2. The summed E-state index contributed by atoms with van der Waals surface area (Å²) in [5.41, 5.74) is 3.19. The summed E-state index contributed by atoms with van der Waals surface area (Å²) in [7, 11) is 1.68. The molecule has 0 saturated heterocycles. The van der Waals surface area contributed by atoms with Crippen molar-refractivity contribution in [3.8, 4) is 0 Å². The van der Waals surface area contributed by atoms with Crippen molar-refractivity contribution in [2.75, 3.05) is 12.4 Å². The van der Waals surface area contributed by atoms with Gasteiger partial charge in [0.1, 0.15) is 6.04 Å². The largest absolute Gasteiger partial charge is 0.330 e. The van der Waals surface area contributed by atoms with Crippen LogP contribution in [0.25, 0.3) is 0 Å². The van der Waals surface area contributed by atoms with E-state index in [0.29, 0.717) is 17.7 Å². The Kier molecular flexibility index (Phi) is 3.11. The van der Waals surface area contributed by atoms with E-state index in [0.717, 1.165) is 11.1 Å². The molecule has 0 spiro atoms. The van der Waals surface area contributed by atoms with Crippen molar-refractivity contribution in [1.29, 1.82) is 0 Å². The van der Waals surface area contributed by atoms with Crippen molar-refractivity contribution in [1.82, 2.24) is 4.90 Å². The highest BCUT2D eigenvalue weighted by atomic mass is 16.2. The average Bonchev–Trinajstić information content (AvgIpc) is 2.39. The smallest absolute Gasteiger partial charge is 0.256 e. The lowest BCUT2D eigenvalue weighted by Crippen LogP contribution is -2.42. The first-order valence-corrected chi connectivity index (χ1v) is 6.15. The van der Waals surface area contributed by atoms with Crippen LogP contribution >= 0.6 is 0 Å². The molecule has 0 aromatic heterocycles. The van der Waals surface area contributed by atoms with Crippen LogP contribution in [0.2, 0.25) is 0 Å². The van der Waals surface area contributed by atoms with Crippen LogP contribution in [0.1, 0.15) is 34.8 Å². The third kappa shape index (κ3) is 1.88. The van der Waals surface area contributed by atoms with E-state index in [1.54, 1.807) is 7.05 Å². The van der Waals surface area contributed by atoms with Crippen LogP contribution in [0.15, 0.2) is 12.1 Å². The summed E-state index contributed by atoms with van der Waals surface area (Å²) < 4.78 is 0. The molecule has 1 aromatic carbocycles. The second kappa shape index (κ2) is 4.44. The molecule has 0 radical (unpaired) electrons. The van der Waals surface area contributed by atoms with E-state index < -0.39 is 6.04 Å². The van der Waals surface area contributed by atoms with Gasteiger partial charge in [-0.05, 0) is 37.5 Å². The molecule has 96 valence electrons. The lowest BCUT2D eigenvalue weighted by molar-refractivity contribution is -0.120. The maximum absolute atomic E-state index is 12.4. The SMILES string of the molecule is CC[C@@H]1C(=O)Nc2c(C)cc(C)cc2C(=O)N1C. The number of fused-ring (bicyclic) bond motifs is 1. The van der Waals surface area contributed by atoms with Gasteiger partial charge in [-0.15, -0.1) is 0 Å². The molecule has 0 aliphatic carbocycles. The number of nitrogens with zero attached hydrogens (tertiary/aromatic N) is 1. The Morgan fingerprint density at radius 2 is 1.94 bits per heavy atom. The van der Waals surface area contributed by atoms with Gasteiger partial charge in [-0.2, -0.15) is 0 Å². The monoisotopic (exact) mass is 246 g/mol. The Balaban J connectivity index is 2.60. The van der Waals surface area contributed by atoms with E-state index >= 15 is 0 Å². The summed E-state index contributed by atoms with van der Waals surface area (Å²) in [6.07, 6.45) is 0.611. The summed E-state index contributed by atoms with van der Waals surface area (Å²) >= 11 is 0. The third-order valence-corrected chi connectivity index (χ3v) is 3.44. The predicted octanol–water partition coefficient (Wildman–Crippen LogP) is 2.11. The maximum atomic E-state index is 12.4. The molecule has 0 saturated carbocycles. The number of likely N-dealkylation sites (N-methyl/N-ethyl adjacent to an activating group) is 1. The van der Waals surface area contributed by atoms with Gasteiger partial charge in [0.25, 0.3) is 5.91 Å². The number of carbonyl (C=O) groups is 2. The summed E-state index contributed by atoms with van der Waals surface area (Å²) in [6.45, 7) is 5.76. The summed E-state index contributed by atoms with van der Waals surface area (Å²) in [6, 6.07) is 3.41. The van der Waals surface area contributed by atoms with Crippen molar-refractivity contribution in [3.05, 3.63) is 28.8 Å². The van der Waals surface area contributed by atoms with Crippen LogP contribution in [0.5, 0.6) is 0 Å². The van der Waals surface area contributed by atoms with Crippen molar-refractivity contribution in [2.45, 2.75) is 33.2 Å². The molecule has 0 bridgehead atoms. The second-order valence-electron chi connectivity index (χ2n) is 4.83. The molecular formula is C14H18N2O2. The summed E-state index contributed by atoms with van der Waals surface area (Å²) in [5, 5.41) is 2.88. The van der Waals surface area contributed by atoms with Gasteiger partial charge < -0.3 is 10.2 Å². The molecule has 4 nitrogen and oxygen atoms in total. The van der Waals surface area contributed by atoms with E-state index in [1.807, 2.05) is 32.9 Å². The first-order chi connectivity index (χ1) is 8.45. The Hall–Kier alpha value is -1.84. The zero-order valence-electron chi connectivity index (χ0n) is 11.2. The van der Waals surface area contributed by atoms with Gasteiger partial charge in [-0.25, -0.2) is 0 Å².